The molecule has 4 heteroatoms. The molecule has 1 aromatic carbocycles. The first-order valence-electron chi connectivity index (χ1n) is 3.66. The van der Waals surface area contributed by atoms with Gasteiger partial charge in [-0.05, 0) is 5.56 Å². The third-order valence-corrected chi connectivity index (χ3v) is 1.57. The van der Waals surface area contributed by atoms with Crippen molar-refractivity contribution in [1.82, 2.24) is 0 Å². The highest BCUT2D eigenvalue weighted by atomic mass is 19.3. The number of nitrogens with zero attached hydrogens (tertiary/aromatic N) is 1. The maximum absolute atomic E-state index is 12.3. The van der Waals surface area contributed by atoms with Crippen molar-refractivity contribution in [2.45, 2.75) is 12.5 Å². The fourth-order valence-electron chi connectivity index (χ4n) is 0.983. The van der Waals surface area contributed by atoms with Gasteiger partial charge in [-0.1, -0.05) is 30.3 Å². The van der Waals surface area contributed by atoms with Crippen LogP contribution in [0.25, 0.3) is 0 Å². The number of rotatable bonds is 3. The summed E-state index contributed by atoms with van der Waals surface area (Å²) in [7, 11) is 0. The van der Waals surface area contributed by atoms with E-state index < -0.39 is 12.5 Å². The van der Waals surface area contributed by atoms with E-state index in [1.54, 1.807) is 18.2 Å². The number of isocyanates is 1. The van der Waals surface area contributed by atoms with Crippen molar-refractivity contribution in [1.29, 1.82) is 0 Å². The highest BCUT2D eigenvalue weighted by Gasteiger charge is 2.20. The molecule has 0 N–H and O–H groups in total. The van der Waals surface area contributed by atoms with Gasteiger partial charge in [-0.15, -0.1) is 0 Å². The molecule has 0 saturated heterocycles. The Labute approximate surface area is 73.9 Å². The molecular weight excluding hydrogens is 176 g/mol. The zero-order valence-electron chi connectivity index (χ0n) is 6.65. The third-order valence-electron chi connectivity index (χ3n) is 1.57. The van der Waals surface area contributed by atoms with Crippen LogP contribution in [0.1, 0.15) is 11.6 Å². The lowest BCUT2D eigenvalue weighted by molar-refractivity contribution is 0.117. The van der Waals surface area contributed by atoms with E-state index in [-0.39, 0.29) is 0 Å². The molecule has 2 nitrogen and oxygen atoms in total. The van der Waals surface area contributed by atoms with Crippen LogP contribution in [0.15, 0.2) is 35.3 Å². The minimum atomic E-state index is -2.68. The quantitative estimate of drug-likeness (QED) is 0.522. The molecule has 13 heavy (non-hydrogen) atoms. The van der Waals surface area contributed by atoms with E-state index in [0.29, 0.717) is 5.56 Å². The van der Waals surface area contributed by atoms with Crippen molar-refractivity contribution in [3.8, 4) is 0 Å². The van der Waals surface area contributed by atoms with Gasteiger partial charge in [0.05, 0.1) is 0 Å². The second-order valence-electron chi connectivity index (χ2n) is 2.41. The molecule has 0 aliphatic carbocycles. The van der Waals surface area contributed by atoms with Crippen LogP contribution < -0.4 is 0 Å². The lowest BCUT2D eigenvalue weighted by Crippen LogP contribution is -2.05. The average molecular weight is 183 g/mol. The number of carbonyl (C=O) groups excluding carboxylic acids is 1. The van der Waals surface area contributed by atoms with E-state index in [2.05, 4.69) is 4.99 Å². The summed E-state index contributed by atoms with van der Waals surface area (Å²) in [6.45, 7) is 0. The minimum Gasteiger partial charge on any atom is -0.211 e. The molecular formula is C9H7F2NO. The maximum atomic E-state index is 12.3. The Morgan fingerprint density at radius 1 is 1.23 bits per heavy atom. The summed E-state index contributed by atoms with van der Waals surface area (Å²) < 4.78 is 24.6. The van der Waals surface area contributed by atoms with Crippen LogP contribution in [0, 0.1) is 0 Å². The van der Waals surface area contributed by atoms with Crippen molar-refractivity contribution in [3.05, 3.63) is 35.9 Å². The summed E-state index contributed by atoms with van der Waals surface area (Å²) in [5.74, 6) is 0. The summed E-state index contributed by atoms with van der Waals surface area (Å²) >= 11 is 0. The molecule has 1 atom stereocenters. The highest BCUT2D eigenvalue weighted by Crippen LogP contribution is 2.23. The largest absolute Gasteiger partial charge is 0.265 e. The average Bonchev–Trinajstić information content (AvgIpc) is 2.15. The zero-order chi connectivity index (χ0) is 9.68. The first-order valence-corrected chi connectivity index (χ1v) is 3.66. The molecule has 0 aliphatic rings. The van der Waals surface area contributed by atoms with Gasteiger partial charge in [-0.3, -0.25) is 0 Å². The predicted molar refractivity (Wildman–Crippen MR) is 43.3 cm³/mol. The third kappa shape index (κ3) is 2.46. The van der Waals surface area contributed by atoms with Crippen LogP contribution >= 0.6 is 0 Å². The summed E-state index contributed by atoms with van der Waals surface area (Å²) in [4.78, 5) is 12.9. The van der Waals surface area contributed by atoms with Crippen LogP contribution in [-0.4, -0.2) is 12.5 Å². The van der Waals surface area contributed by atoms with Crippen molar-refractivity contribution < 1.29 is 13.6 Å². The molecule has 0 heterocycles. The van der Waals surface area contributed by atoms with Gasteiger partial charge in [-0.25, -0.2) is 13.6 Å². The van der Waals surface area contributed by atoms with E-state index in [9.17, 15) is 13.6 Å². The van der Waals surface area contributed by atoms with Crippen molar-refractivity contribution in [2.24, 2.45) is 4.99 Å². The zero-order valence-corrected chi connectivity index (χ0v) is 6.65. The standard InChI is InChI=1S/C9H7F2NO/c10-9(11)8(12-6-13)7-4-2-1-3-5-7/h1-5,8-9H. The van der Waals surface area contributed by atoms with Crippen LogP contribution in [0.5, 0.6) is 0 Å². The van der Waals surface area contributed by atoms with Crippen molar-refractivity contribution >= 4 is 6.08 Å². The van der Waals surface area contributed by atoms with Crippen LogP contribution in [0.2, 0.25) is 0 Å². The number of alkyl halides is 2. The van der Waals surface area contributed by atoms with E-state index in [4.69, 9.17) is 0 Å². The molecule has 0 amide bonds. The summed E-state index contributed by atoms with van der Waals surface area (Å²) in [5.41, 5.74) is 0.320. The van der Waals surface area contributed by atoms with Gasteiger partial charge in [0.2, 0.25) is 6.08 Å². The van der Waals surface area contributed by atoms with Gasteiger partial charge in [0, 0.05) is 0 Å². The smallest absolute Gasteiger partial charge is 0.211 e. The SMILES string of the molecule is O=C=NC(c1ccccc1)C(F)F. The van der Waals surface area contributed by atoms with Gasteiger partial charge in [-0.2, -0.15) is 4.99 Å². The Morgan fingerprint density at radius 3 is 2.31 bits per heavy atom. The molecule has 0 radical (unpaired) electrons. The normalized spacial score (nSPS) is 12.2. The van der Waals surface area contributed by atoms with Crippen LogP contribution in [0.3, 0.4) is 0 Å². The van der Waals surface area contributed by atoms with Gasteiger partial charge in [0.15, 0.2) is 0 Å². The monoisotopic (exact) mass is 183 g/mol. The maximum Gasteiger partial charge on any atom is 0.265 e. The topological polar surface area (TPSA) is 29.4 Å². The minimum absolute atomic E-state index is 0.320. The molecule has 0 aromatic heterocycles. The molecule has 1 rings (SSSR count). The molecule has 0 bridgehead atoms. The number of hydrogen-bond donors (Lipinski definition) is 0. The first-order chi connectivity index (χ1) is 6.25. The van der Waals surface area contributed by atoms with E-state index in [0.717, 1.165) is 6.08 Å². The molecule has 0 saturated carbocycles. The number of hydrogen-bond acceptors (Lipinski definition) is 2. The van der Waals surface area contributed by atoms with E-state index >= 15 is 0 Å². The van der Waals surface area contributed by atoms with Gasteiger partial charge in [0.25, 0.3) is 6.43 Å². The van der Waals surface area contributed by atoms with Crippen LogP contribution in [0.4, 0.5) is 8.78 Å². The van der Waals surface area contributed by atoms with Crippen LogP contribution in [-0.2, 0) is 4.79 Å². The Bertz CT molecular complexity index is 307. The number of aliphatic imine (C=N–C) groups is 1. The Hall–Kier alpha value is -1.54. The number of halogens is 2. The highest BCUT2D eigenvalue weighted by molar-refractivity contribution is 5.35. The van der Waals surface area contributed by atoms with Crippen molar-refractivity contribution in [3.63, 3.8) is 0 Å². The molecule has 1 aromatic rings. The first kappa shape index (κ1) is 9.55. The molecule has 0 aliphatic heterocycles. The molecule has 0 spiro atoms. The van der Waals surface area contributed by atoms with Gasteiger partial charge < -0.3 is 0 Å². The summed E-state index contributed by atoms with van der Waals surface area (Å²) in [6.07, 6.45) is -1.53. The fraction of sp³-hybridized carbons (Fsp3) is 0.222. The van der Waals surface area contributed by atoms with E-state index in [1.807, 2.05) is 0 Å². The second kappa shape index (κ2) is 4.48. The fourth-order valence-corrected chi connectivity index (χ4v) is 0.983. The predicted octanol–water partition coefficient (Wildman–Crippen LogP) is 2.33. The summed E-state index contributed by atoms with van der Waals surface area (Å²) in [5, 5.41) is 0. The lowest BCUT2D eigenvalue weighted by atomic mass is 10.1. The molecule has 68 valence electrons. The van der Waals surface area contributed by atoms with Crippen molar-refractivity contribution in [2.75, 3.05) is 0 Å². The second-order valence-corrected chi connectivity index (χ2v) is 2.41. The molecule has 1 unspecified atom stereocenters. The molecule has 0 fully saturated rings. The Morgan fingerprint density at radius 2 is 1.85 bits per heavy atom. The Balaban J connectivity index is 2.95. The Kier molecular flexibility index (Phi) is 3.29. The van der Waals surface area contributed by atoms with Gasteiger partial charge >= 0.3 is 0 Å². The lowest BCUT2D eigenvalue weighted by Gasteiger charge is -2.08. The summed E-state index contributed by atoms with van der Waals surface area (Å²) in [6, 6.07) is 6.54. The van der Waals surface area contributed by atoms with Gasteiger partial charge in [0.1, 0.15) is 6.04 Å². The number of benzene rings is 1. The van der Waals surface area contributed by atoms with E-state index in [1.165, 1.54) is 12.1 Å².